The second-order valence-corrected chi connectivity index (χ2v) is 4.51. The summed E-state index contributed by atoms with van der Waals surface area (Å²) in [5.74, 6) is 1.09. The van der Waals surface area contributed by atoms with Crippen molar-refractivity contribution in [2.24, 2.45) is 0 Å². The van der Waals surface area contributed by atoms with Crippen LogP contribution in [0.4, 0.5) is 0 Å². The molecule has 15 heavy (non-hydrogen) atoms. The molecule has 2 heteroatoms. The van der Waals surface area contributed by atoms with Gasteiger partial charge in [-0.2, -0.15) is 0 Å². The van der Waals surface area contributed by atoms with Crippen molar-refractivity contribution in [1.29, 1.82) is 0 Å². The number of benzene rings is 1. The van der Waals surface area contributed by atoms with E-state index < -0.39 is 0 Å². The molecular formula is C13H16O2. The zero-order valence-electron chi connectivity index (χ0n) is 8.87. The van der Waals surface area contributed by atoms with Gasteiger partial charge in [-0.3, -0.25) is 0 Å². The summed E-state index contributed by atoms with van der Waals surface area (Å²) in [5.41, 5.74) is 1.43. The summed E-state index contributed by atoms with van der Waals surface area (Å²) < 4.78 is 11.6. The van der Waals surface area contributed by atoms with Crippen molar-refractivity contribution in [3.8, 4) is 5.75 Å². The van der Waals surface area contributed by atoms with Crippen molar-refractivity contribution in [3.63, 3.8) is 0 Å². The smallest absolute Gasteiger partial charge is 0.123 e. The Kier molecular flexibility index (Phi) is 2.17. The van der Waals surface area contributed by atoms with Gasteiger partial charge in [-0.05, 0) is 24.5 Å². The van der Waals surface area contributed by atoms with E-state index in [9.17, 15) is 0 Å². The average molecular weight is 204 g/mol. The monoisotopic (exact) mass is 204 g/mol. The van der Waals surface area contributed by atoms with Crippen LogP contribution in [0.5, 0.6) is 5.75 Å². The Morgan fingerprint density at radius 3 is 2.67 bits per heavy atom. The predicted octanol–water partition coefficient (Wildman–Crippen LogP) is 2.56. The van der Waals surface area contributed by atoms with Gasteiger partial charge >= 0.3 is 0 Å². The molecular weight excluding hydrogens is 188 g/mol. The number of hydrogen-bond donors (Lipinski definition) is 0. The first-order chi connectivity index (χ1) is 7.38. The van der Waals surface area contributed by atoms with Gasteiger partial charge in [-0.25, -0.2) is 0 Å². The van der Waals surface area contributed by atoms with Gasteiger partial charge in [0, 0.05) is 12.8 Å². The van der Waals surface area contributed by atoms with Gasteiger partial charge in [0.15, 0.2) is 0 Å². The summed E-state index contributed by atoms with van der Waals surface area (Å²) in [5, 5.41) is 0. The van der Waals surface area contributed by atoms with Crippen LogP contribution in [0.25, 0.3) is 0 Å². The number of para-hydroxylation sites is 1. The van der Waals surface area contributed by atoms with Gasteiger partial charge in [0.1, 0.15) is 11.4 Å². The minimum Gasteiger partial charge on any atom is -0.487 e. The zero-order valence-corrected chi connectivity index (χ0v) is 8.87. The lowest BCUT2D eigenvalue weighted by atomic mass is 9.85. The summed E-state index contributed by atoms with van der Waals surface area (Å²) in [6, 6.07) is 8.40. The Bertz CT molecular complexity index is 353. The number of hydrogen-bond acceptors (Lipinski definition) is 2. The normalized spacial score (nSPS) is 23.2. The van der Waals surface area contributed by atoms with Crippen molar-refractivity contribution >= 4 is 0 Å². The molecule has 0 aliphatic carbocycles. The largest absolute Gasteiger partial charge is 0.487 e. The molecule has 0 aromatic heterocycles. The summed E-state index contributed by atoms with van der Waals surface area (Å²) in [7, 11) is 0. The summed E-state index contributed by atoms with van der Waals surface area (Å²) in [6.45, 7) is 1.70. The van der Waals surface area contributed by atoms with Gasteiger partial charge < -0.3 is 9.47 Å². The van der Waals surface area contributed by atoms with Gasteiger partial charge in [-0.1, -0.05) is 18.2 Å². The first-order valence-corrected chi connectivity index (χ1v) is 5.73. The van der Waals surface area contributed by atoms with E-state index in [1.165, 1.54) is 5.56 Å². The van der Waals surface area contributed by atoms with E-state index in [2.05, 4.69) is 24.3 Å². The number of ether oxygens (including phenoxy) is 2. The molecule has 80 valence electrons. The lowest BCUT2D eigenvalue weighted by Gasteiger charge is -2.41. The molecule has 1 aromatic carbocycles. The lowest BCUT2D eigenvalue weighted by Crippen LogP contribution is -2.44. The third kappa shape index (κ3) is 1.63. The van der Waals surface area contributed by atoms with E-state index in [1.807, 2.05) is 0 Å². The van der Waals surface area contributed by atoms with Crippen molar-refractivity contribution in [2.45, 2.75) is 31.3 Å². The fourth-order valence-electron chi connectivity index (χ4n) is 2.55. The molecule has 0 N–H and O–H groups in total. The SMILES string of the molecule is c1ccc2c(c1)CCC1(CCOCC1)O2. The molecule has 0 radical (unpaired) electrons. The predicted molar refractivity (Wildman–Crippen MR) is 58.2 cm³/mol. The van der Waals surface area contributed by atoms with Crippen molar-refractivity contribution < 1.29 is 9.47 Å². The molecule has 0 bridgehead atoms. The maximum absolute atomic E-state index is 6.18. The molecule has 2 nitrogen and oxygen atoms in total. The van der Waals surface area contributed by atoms with Gasteiger partial charge in [0.05, 0.1) is 13.2 Å². The van der Waals surface area contributed by atoms with Crippen molar-refractivity contribution in [3.05, 3.63) is 29.8 Å². The molecule has 2 aliphatic heterocycles. The fourth-order valence-corrected chi connectivity index (χ4v) is 2.55. The lowest BCUT2D eigenvalue weighted by molar-refractivity contribution is -0.0569. The Hall–Kier alpha value is -1.02. The molecule has 1 fully saturated rings. The Labute approximate surface area is 90.2 Å². The molecule has 1 spiro atoms. The molecule has 2 aliphatic rings. The first kappa shape index (κ1) is 9.22. The van der Waals surface area contributed by atoms with Crippen LogP contribution in [-0.2, 0) is 11.2 Å². The highest BCUT2D eigenvalue weighted by Gasteiger charge is 2.37. The third-order valence-corrected chi connectivity index (χ3v) is 3.55. The molecule has 2 heterocycles. The van der Waals surface area contributed by atoms with E-state index in [0.29, 0.717) is 0 Å². The minimum absolute atomic E-state index is 0.0760. The second kappa shape index (κ2) is 3.53. The summed E-state index contributed by atoms with van der Waals surface area (Å²) in [6.07, 6.45) is 4.38. The van der Waals surface area contributed by atoms with E-state index in [1.54, 1.807) is 0 Å². The van der Waals surface area contributed by atoms with Gasteiger partial charge in [0.25, 0.3) is 0 Å². The molecule has 0 atom stereocenters. The maximum atomic E-state index is 6.18. The van der Waals surface area contributed by atoms with Crippen LogP contribution >= 0.6 is 0 Å². The van der Waals surface area contributed by atoms with Crippen LogP contribution < -0.4 is 4.74 Å². The Morgan fingerprint density at radius 2 is 1.80 bits per heavy atom. The third-order valence-electron chi connectivity index (χ3n) is 3.55. The van der Waals surface area contributed by atoms with Gasteiger partial charge in [0.2, 0.25) is 0 Å². The Morgan fingerprint density at radius 1 is 1.00 bits per heavy atom. The van der Waals surface area contributed by atoms with E-state index in [-0.39, 0.29) is 5.60 Å². The van der Waals surface area contributed by atoms with Crippen LogP contribution in [0, 0.1) is 0 Å². The number of aryl methyl sites for hydroxylation is 1. The summed E-state index contributed by atoms with van der Waals surface area (Å²) in [4.78, 5) is 0. The highest BCUT2D eigenvalue weighted by Crippen LogP contribution is 2.38. The van der Waals surface area contributed by atoms with Crippen LogP contribution in [0.1, 0.15) is 24.8 Å². The second-order valence-electron chi connectivity index (χ2n) is 4.51. The highest BCUT2D eigenvalue weighted by atomic mass is 16.5. The average Bonchev–Trinajstić information content (AvgIpc) is 2.30. The molecule has 0 saturated carbocycles. The summed E-state index contributed by atoms with van der Waals surface area (Å²) >= 11 is 0. The number of fused-ring (bicyclic) bond motifs is 1. The fraction of sp³-hybridized carbons (Fsp3) is 0.538. The quantitative estimate of drug-likeness (QED) is 0.646. The molecule has 0 unspecified atom stereocenters. The van der Waals surface area contributed by atoms with Crippen LogP contribution in [0.15, 0.2) is 24.3 Å². The van der Waals surface area contributed by atoms with Crippen molar-refractivity contribution in [1.82, 2.24) is 0 Å². The standard InChI is InChI=1S/C13H16O2/c1-2-4-12-11(3-1)5-6-13(15-12)7-9-14-10-8-13/h1-4H,5-10H2. The highest BCUT2D eigenvalue weighted by molar-refractivity contribution is 5.36. The van der Waals surface area contributed by atoms with Crippen LogP contribution in [-0.4, -0.2) is 18.8 Å². The minimum atomic E-state index is 0.0760. The van der Waals surface area contributed by atoms with Crippen LogP contribution in [0.2, 0.25) is 0 Å². The first-order valence-electron chi connectivity index (χ1n) is 5.73. The Balaban J connectivity index is 1.87. The van der Waals surface area contributed by atoms with E-state index in [4.69, 9.17) is 9.47 Å². The van der Waals surface area contributed by atoms with Crippen LogP contribution in [0.3, 0.4) is 0 Å². The molecule has 3 rings (SSSR count). The number of rotatable bonds is 0. The van der Waals surface area contributed by atoms with Crippen molar-refractivity contribution in [2.75, 3.05) is 13.2 Å². The maximum Gasteiger partial charge on any atom is 0.123 e. The molecule has 1 aromatic rings. The zero-order chi connectivity index (χ0) is 10.1. The van der Waals surface area contributed by atoms with E-state index >= 15 is 0 Å². The molecule has 0 amide bonds. The topological polar surface area (TPSA) is 18.5 Å². The van der Waals surface area contributed by atoms with Gasteiger partial charge in [-0.15, -0.1) is 0 Å². The molecule has 1 saturated heterocycles. The van der Waals surface area contributed by atoms with E-state index in [0.717, 1.165) is 44.6 Å².